The molecular weight excluding hydrogens is 410 g/mol. The van der Waals surface area contributed by atoms with Gasteiger partial charge in [0, 0.05) is 43.5 Å². The summed E-state index contributed by atoms with van der Waals surface area (Å²) in [5, 5.41) is 2.16. The third-order valence-electron chi connectivity index (χ3n) is 6.37. The first-order valence-corrected chi connectivity index (χ1v) is 11.7. The predicted octanol–water partition coefficient (Wildman–Crippen LogP) is 4.83. The van der Waals surface area contributed by atoms with Crippen molar-refractivity contribution >= 4 is 34.8 Å². The van der Waals surface area contributed by atoms with Gasteiger partial charge in [-0.3, -0.25) is 9.59 Å². The number of carbonyl (C=O) groups excluding carboxylic acids is 2. The summed E-state index contributed by atoms with van der Waals surface area (Å²) in [4.78, 5) is 29.5. The lowest BCUT2D eigenvalue weighted by molar-refractivity contribution is -0.136. The van der Waals surface area contributed by atoms with Crippen LogP contribution in [0.5, 0.6) is 0 Å². The lowest BCUT2D eigenvalue weighted by Gasteiger charge is -2.38. The molecule has 4 rings (SSSR count). The maximum absolute atomic E-state index is 12.8. The zero-order valence-corrected chi connectivity index (χ0v) is 18.6. The highest BCUT2D eigenvalue weighted by molar-refractivity contribution is 6.32. The Bertz CT molecular complexity index is 873. The quantitative estimate of drug-likeness (QED) is 0.678. The SMILES string of the molecule is O=C(Nc1ccc(N2CCN(C(=O)C3CCCCC3)CC2)cc1)[C@H](Cl)c1ccccc1. The number of benzene rings is 2. The average molecular weight is 440 g/mol. The molecule has 164 valence electrons. The molecule has 1 N–H and O–H groups in total. The summed E-state index contributed by atoms with van der Waals surface area (Å²) in [6, 6.07) is 17.2. The molecule has 0 aromatic heterocycles. The van der Waals surface area contributed by atoms with E-state index in [1.165, 1.54) is 19.3 Å². The van der Waals surface area contributed by atoms with Crippen LogP contribution >= 0.6 is 11.6 Å². The first-order chi connectivity index (χ1) is 15.1. The molecule has 2 amide bonds. The number of halogens is 1. The van der Waals surface area contributed by atoms with E-state index in [1.807, 2.05) is 59.5 Å². The van der Waals surface area contributed by atoms with E-state index in [1.54, 1.807) is 0 Å². The summed E-state index contributed by atoms with van der Waals surface area (Å²) in [5.41, 5.74) is 2.61. The number of hydrogen-bond acceptors (Lipinski definition) is 3. The third kappa shape index (κ3) is 5.40. The molecule has 0 unspecified atom stereocenters. The van der Waals surface area contributed by atoms with Crippen LogP contribution in [0.15, 0.2) is 54.6 Å². The fourth-order valence-corrected chi connectivity index (χ4v) is 4.73. The number of rotatable bonds is 5. The molecule has 6 heteroatoms. The van der Waals surface area contributed by atoms with Gasteiger partial charge in [0.15, 0.2) is 0 Å². The Morgan fingerprint density at radius 1 is 0.871 bits per heavy atom. The molecule has 2 aromatic carbocycles. The molecule has 2 aliphatic rings. The largest absolute Gasteiger partial charge is 0.368 e. The van der Waals surface area contributed by atoms with Crippen LogP contribution < -0.4 is 10.2 Å². The second-order valence-electron chi connectivity index (χ2n) is 8.46. The standard InChI is InChI=1S/C25H30ClN3O2/c26-23(19-7-3-1-4-8-19)24(30)27-21-11-13-22(14-12-21)28-15-17-29(18-16-28)25(31)20-9-5-2-6-10-20/h1,3-4,7-8,11-14,20,23H,2,5-6,9-10,15-18H2,(H,27,30)/t23-/m1/s1. The molecule has 1 aliphatic carbocycles. The van der Waals surface area contributed by atoms with Gasteiger partial charge in [0.1, 0.15) is 5.38 Å². The zero-order chi connectivity index (χ0) is 21.6. The second kappa shape index (κ2) is 10.2. The average Bonchev–Trinajstić information content (AvgIpc) is 2.85. The van der Waals surface area contributed by atoms with E-state index in [0.29, 0.717) is 5.91 Å². The lowest BCUT2D eigenvalue weighted by Crippen LogP contribution is -2.50. The fraction of sp³-hybridized carbons (Fsp3) is 0.440. The molecule has 31 heavy (non-hydrogen) atoms. The highest BCUT2D eigenvalue weighted by Gasteiger charge is 2.28. The number of amides is 2. The van der Waals surface area contributed by atoms with E-state index in [0.717, 1.165) is 56.0 Å². The molecule has 0 radical (unpaired) electrons. The summed E-state index contributed by atoms with van der Waals surface area (Å²) < 4.78 is 0. The van der Waals surface area contributed by atoms with Gasteiger partial charge in [-0.05, 0) is 42.7 Å². The molecule has 5 nitrogen and oxygen atoms in total. The molecule has 1 atom stereocenters. The fourth-order valence-electron chi connectivity index (χ4n) is 4.53. The van der Waals surface area contributed by atoms with Gasteiger partial charge in [-0.25, -0.2) is 0 Å². The summed E-state index contributed by atoms with van der Waals surface area (Å²) in [7, 11) is 0. The number of anilines is 2. The van der Waals surface area contributed by atoms with Gasteiger partial charge in [-0.1, -0.05) is 49.6 Å². The molecular formula is C25H30ClN3O2. The monoisotopic (exact) mass is 439 g/mol. The second-order valence-corrected chi connectivity index (χ2v) is 8.89. The van der Waals surface area contributed by atoms with Crippen molar-refractivity contribution in [2.75, 3.05) is 36.4 Å². The molecule has 1 saturated carbocycles. The lowest BCUT2D eigenvalue weighted by atomic mass is 9.88. The van der Waals surface area contributed by atoms with Gasteiger partial charge in [-0.2, -0.15) is 0 Å². The van der Waals surface area contributed by atoms with Crippen molar-refractivity contribution in [2.24, 2.45) is 5.92 Å². The van der Waals surface area contributed by atoms with Crippen molar-refractivity contribution in [1.82, 2.24) is 4.90 Å². The minimum Gasteiger partial charge on any atom is -0.368 e. The summed E-state index contributed by atoms with van der Waals surface area (Å²) in [6.07, 6.45) is 5.76. The van der Waals surface area contributed by atoms with Crippen LogP contribution in [0.4, 0.5) is 11.4 Å². The first kappa shape index (κ1) is 21.7. The van der Waals surface area contributed by atoms with Crippen molar-refractivity contribution < 1.29 is 9.59 Å². The summed E-state index contributed by atoms with van der Waals surface area (Å²) >= 11 is 6.30. The van der Waals surface area contributed by atoms with Crippen molar-refractivity contribution in [1.29, 1.82) is 0 Å². The summed E-state index contributed by atoms with van der Waals surface area (Å²) in [6.45, 7) is 3.22. The molecule has 1 heterocycles. The Hall–Kier alpha value is -2.53. The maximum Gasteiger partial charge on any atom is 0.246 e. The van der Waals surface area contributed by atoms with E-state index >= 15 is 0 Å². The van der Waals surface area contributed by atoms with Crippen LogP contribution in [-0.2, 0) is 9.59 Å². The number of nitrogens with zero attached hydrogens (tertiary/aromatic N) is 2. The van der Waals surface area contributed by atoms with Crippen LogP contribution in [0.25, 0.3) is 0 Å². The van der Waals surface area contributed by atoms with Gasteiger partial charge in [0.2, 0.25) is 11.8 Å². The topological polar surface area (TPSA) is 52.7 Å². The molecule has 1 aliphatic heterocycles. The van der Waals surface area contributed by atoms with Crippen molar-refractivity contribution in [3.63, 3.8) is 0 Å². The molecule has 2 aromatic rings. The van der Waals surface area contributed by atoms with Crippen LogP contribution in [0.2, 0.25) is 0 Å². The van der Waals surface area contributed by atoms with E-state index in [4.69, 9.17) is 11.6 Å². The Labute approximate surface area is 189 Å². The number of hydrogen-bond donors (Lipinski definition) is 1. The molecule has 2 fully saturated rings. The molecule has 0 spiro atoms. The van der Waals surface area contributed by atoms with E-state index < -0.39 is 5.38 Å². The smallest absolute Gasteiger partial charge is 0.246 e. The number of piperazine rings is 1. The van der Waals surface area contributed by atoms with Crippen LogP contribution in [-0.4, -0.2) is 42.9 Å². The van der Waals surface area contributed by atoms with Crippen molar-refractivity contribution in [3.05, 3.63) is 60.2 Å². The Morgan fingerprint density at radius 2 is 1.52 bits per heavy atom. The van der Waals surface area contributed by atoms with Crippen LogP contribution in [0.3, 0.4) is 0 Å². The van der Waals surface area contributed by atoms with Crippen LogP contribution in [0.1, 0.15) is 43.0 Å². The first-order valence-electron chi connectivity index (χ1n) is 11.3. The maximum atomic E-state index is 12.8. The minimum absolute atomic E-state index is 0.240. The molecule has 1 saturated heterocycles. The van der Waals surface area contributed by atoms with E-state index in [2.05, 4.69) is 10.2 Å². The number of nitrogens with one attached hydrogen (secondary N) is 1. The van der Waals surface area contributed by atoms with Gasteiger partial charge < -0.3 is 15.1 Å². The van der Waals surface area contributed by atoms with E-state index in [9.17, 15) is 9.59 Å². The van der Waals surface area contributed by atoms with Crippen molar-refractivity contribution in [2.45, 2.75) is 37.5 Å². The minimum atomic E-state index is -0.726. The van der Waals surface area contributed by atoms with Crippen molar-refractivity contribution in [3.8, 4) is 0 Å². The molecule has 0 bridgehead atoms. The normalized spacial score (nSPS) is 18.5. The summed E-state index contributed by atoms with van der Waals surface area (Å²) in [5.74, 6) is 0.353. The van der Waals surface area contributed by atoms with Gasteiger partial charge in [-0.15, -0.1) is 11.6 Å². The van der Waals surface area contributed by atoms with Crippen LogP contribution in [0, 0.1) is 5.92 Å². The van der Waals surface area contributed by atoms with Gasteiger partial charge >= 0.3 is 0 Å². The van der Waals surface area contributed by atoms with E-state index in [-0.39, 0.29) is 11.8 Å². The number of carbonyl (C=O) groups is 2. The Balaban J connectivity index is 1.29. The Kier molecular flexibility index (Phi) is 7.13. The Morgan fingerprint density at radius 3 is 2.16 bits per heavy atom. The predicted molar refractivity (Wildman–Crippen MR) is 125 cm³/mol. The third-order valence-corrected chi connectivity index (χ3v) is 6.82. The number of alkyl halides is 1. The zero-order valence-electron chi connectivity index (χ0n) is 17.8. The van der Waals surface area contributed by atoms with Gasteiger partial charge in [0.05, 0.1) is 0 Å². The highest BCUT2D eigenvalue weighted by atomic mass is 35.5. The van der Waals surface area contributed by atoms with Gasteiger partial charge in [0.25, 0.3) is 0 Å². The highest BCUT2D eigenvalue weighted by Crippen LogP contribution is 2.27.